The summed E-state index contributed by atoms with van der Waals surface area (Å²) in [4.78, 5) is 11.2. The van der Waals surface area contributed by atoms with Gasteiger partial charge < -0.3 is 14.2 Å². The van der Waals surface area contributed by atoms with Gasteiger partial charge in [-0.3, -0.25) is 4.79 Å². The van der Waals surface area contributed by atoms with Gasteiger partial charge in [-0.2, -0.15) is 0 Å². The molecule has 0 aliphatic carbocycles. The number of para-hydroxylation sites is 1. The highest BCUT2D eigenvalue weighted by Gasteiger charge is 2.12. The first-order valence-electron chi connectivity index (χ1n) is 6.15. The van der Waals surface area contributed by atoms with Gasteiger partial charge in [0.1, 0.15) is 5.75 Å². The van der Waals surface area contributed by atoms with Gasteiger partial charge in [-0.1, -0.05) is 6.07 Å². The van der Waals surface area contributed by atoms with E-state index in [1.807, 2.05) is 6.07 Å². The molecule has 0 atom stereocenters. The average Bonchev–Trinajstić information content (AvgIpc) is 2.48. The third-order valence-electron chi connectivity index (χ3n) is 2.86. The standard InChI is InChI=1S/C16H16O4/c1-11(17)12-7-9-13(10-8-12)20-16-14(18-2)5-4-6-15(16)19-3/h4-10H,1-3H3. The van der Waals surface area contributed by atoms with Crippen LogP contribution in [0.3, 0.4) is 0 Å². The van der Waals surface area contributed by atoms with Crippen LogP contribution in [0.25, 0.3) is 0 Å². The number of carbonyl (C=O) groups is 1. The minimum atomic E-state index is 0.0198. The van der Waals surface area contributed by atoms with E-state index in [9.17, 15) is 4.79 Å². The molecular weight excluding hydrogens is 256 g/mol. The van der Waals surface area contributed by atoms with Crippen molar-refractivity contribution in [3.8, 4) is 23.0 Å². The summed E-state index contributed by atoms with van der Waals surface area (Å²) >= 11 is 0. The molecule has 0 aliphatic heterocycles. The topological polar surface area (TPSA) is 44.8 Å². The minimum absolute atomic E-state index is 0.0198. The Hall–Kier alpha value is -2.49. The molecule has 0 aromatic heterocycles. The van der Waals surface area contributed by atoms with Gasteiger partial charge in [0.05, 0.1) is 14.2 Å². The molecule has 20 heavy (non-hydrogen) atoms. The van der Waals surface area contributed by atoms with Crippen LogP contribution in [0, 0.1) is 0 Å². The summed E-state index contributed by atoms with van der Waals surface area (Å²) in [7, 11) is 3.14. The van der Waals surface area contributed by atoms with Crippen LogP contribution in [0.5, 0.6) is 23.0 Å². The lowest BCUT2D eigenvalue weighted by atomic mass is 10.1. The highest BCUT2D eigenvalue weighted by atomic mass is 16.5. The fourth-order valence-corrected chi connectivity index (χ4v) is 1.79. The predicted molar refractivity (Wildman–Crippen MR) is 76.1 cm³/mol. The van der Waals surface area contributed by atoms with Gasteiger partial charge in [0.15, 0.2) is 17.3 Å². The summed E-state index contributed by atoms with van der Waals surface area (Å²) < 4.78 is 16.3. The van der Waals surface area contributed by atoms with Crippen LogP contribution in [0.2, 0.25) is 0 Å². The molecule has 2 aromatic carbocycles. The Balaban J connectivity index is 2.31. The van der Waals surface area contributed by atoms with Crippen LogP contribution >= 0.6 is 0 Å². The summed E-state index contributed by atoms with van der Waals surface area (Å²) in [5.41, 5.74) is 0.643. The van der Waals surface area contributed by atoms with Crippen molar-refractivity contribution < 1.29 is 19.0 Å². The van der Waals surface area contributed by atoms with Crippen molar-refractivity contribution in [2.24, 2.45) is 0 Å². The molecule has 4 heteroatoms. The number of ether oxygens (including phenoxy) is 3. The molecule has 0 aliphatic rings. The lowest BCUT2D eigenvalue weighted by molar-refractivity contribution is 0.101. The van der Waals surface area contributed by atoms with E-state index in [0.717, 1.165) is 0 Å². The van der Waals surface area contributed by atoms with E-state index in [1.165, 1.54) is 6.92 Å². The van der Waals surface area contributed by atoms with Crippen LogP contribution in [0.15, 0.2) is 42.5 Å². The van der Waals surface area contributed by atoms with Gasteiger partial charge in [0.2, 0.25) is 5.75 Å². The first kappa shape index (κ1) is 13.9. The summed E-state index contributed by atoms with van der Waals surface area (Å²) in [5, 5.41) is 0. The third kappa shape index (κ3) is 2.91. The first-order chi connectivity index (χ1) is 9.65. The highest BCUT2D eigenvalue weighted by Crippen LogP contribution is 2.39. The number of benzene rings is 2. The third-order valence-corrected chi connectivity index (χ3v) is 2.86. The molecule has 0 bridgehead atoms. The Bertz CT molecular complexity index is 580. The van der Waals surface area contributed by atoms with Gasteiger partial charge in [-0.25, -0.2) is 0 Å². The van der Waals surface area contributed by atoms with E-state index in [2.05, 4.69) is 0 Å². The van der Waals surface area contributed by atoms with E-state index in [0.29, 0.717) is 28.6 Å². The van der Waals surface area contributed by atoms with Crippen molar-refractivity contribution in [3.63, 3.8) is 0 Å². The van der Waals surface area contributed by atoms with Crippen molar-refractivity contribution in [1.82, 2.24) is 0 Å². The molecule has 0 saturated carbocycles. The monoisotopic (exact) mass is 272 g/mol. The predicted octanol–water partition coefficient (Wildman–Crippen LogP) is 3.70. The van der Waals surface area contributed by atoms with E-state index in [1.54, 1.807) is 50.6 Å². The lowest BCUT2D eigenvalue weighted by Crippen LogP contribution is -1.95. The number of ketones is 1. The summed E-state index contributed by atoms with van der Waals surface area (Å²) in [6.07, 6.45) is 0. The van der Waals surface area contributed by atoms with Crippen molar-refractivity contribution in [2.45, 2.75) is 6.92 Å². The second-order valence-corrected chi connectivity index (χ2v) is 4.17. The Labute approximate surface area is 117 Å². The first-order valence-corrected chi connectivity index (χ1v) is 6.15. The van der Waals surface area contributed by atoms with Crippen molar-refractivity contribution in [1.29, 1.82) is 0 Å². The lowest BCUT2D eigenvalue weighted by Gasteiger charge is -2.13. The van der Waals surface area contributed by atoms with Crippen molar-refractivity contribution in [3.05, 3.63) is 48.0 Å². The summed E-state index contributed by atoms with van der Waals surface area (Å²) in [5.74, 6) is 2.30. The van der Waals surface area contributed by atoms with Gasteiger partial charge in [-0.15, -0.1) is 0 Å². The molecule has 0 saturated heterocycles. The Morgan fingerprint density at radius 1 is 0.900 bits per heavy atom. The Morgan fingerprint density at radius 3 is 1.90 bits per heavy atom. The van der Waals surface area contributed by atoms with Crippen LogP contribution in [0.1, 0.15) is 17.3 Å². The molecule has 0 heterocycles. The molecule has 2 aromatic rings. The molecule has 2 rings (SSSR count). The molecule has 0 fully saturated rings. The zero-order chi connectivity index (χ0) is 14.5. The molecule has 0 amide bonds. The molecule has 4 nitrogen and oxygen atoms in total. The quantitative estimate of drug-likeness (QED) is 0.778. The maximum atomic E-state index is 11.2. The largest absolute Gasteiger partial charge is 0.493 e. The van der Waals surface area contributed by atoms with Crippen LogP contribution < -0.4 is 14.2 Å². The summed E-state index contributed by atoms with van der Waals surface area (Å²) in [6.45, 7) is 1.53. The van der Waals surface area contributed by atoms with Gasteiger partial charge in [0.25, 0.3) is 0 Å². The van der Waals surface area contributed by atoms with Crippen LogP contribution in [-0.2, 0) is 0 Å². The Kier molecular flexibility index (Phi) is 4.25. The number of hydrogen-bond donors (Lipinski definition) is 0. The van der Waals surface area contributed by atoms with Crippen LogP contribution in [-0.4, -0.2) is 20.0 Å². The van der Waals surface area contributed by atoms with E-state index in [4.69, 9.17) is 14.2 Å². The normalized spacial score (nSPS) is 9.95. The van der Waals surface area contributed by atoms with Crippen LogP contribution in [0.4, 0.5) is 0 Å². The zero-order valence-electron chi connectivity index (χ0n) is 11.7. The van der Waals surface area contributed by atoms with E-state index in [-0.39, 0.29) is 5.78 Å². The maximum absolute atomic E-state index is 11.2. The fourth-order valence-electron chi connectivity index (χ4n) is 1.79. The van der Waals surface area contributed by atoms with Gasteiger partial charge in [-0.05, 0) is 43.3 Å². The molecule has 0 unspecified atom stereocenters. The van der Waals surface area contributed by atoms with E-state index >= 15 is 0 Å². The van der Waals surface area contributed by atoms with E-state index < -0.39 is 0 Å². The fraction of sp³-hybridized carbons (Fsp3) is 0.188. The smallest absolute Gasteiger partial charge is 0.210 e. The second kappa shape index (κ2) is 6.10. The van der Waals surface area contributed by atoms with Crippen molar-refractivity contribution in [2.75, 3.05) is 14.2 Å². The number of Topliss-reactive ketones (excluding diaryl/α,β-unsaturated/α-hetero) is 1. The molecule has 0 N–H and O–H groups in total. The number of rotatable bonds is 5. The highest BCUT2D eigenvalue weighted by molar-refractivity contribution is 5.94. The maximum Gasteiger partial charge on any atom is 0.210 e. The van der Waals surface area contributed by atoms with Gasteiger partial charge >= 0.3 is 0 Å². The molecule has 0 spiro atoms. The number of methoxy groups -OCH3 is 2. The molecule has 0 radical (unpaired) electrons. The Morgan fingerprint density at radius 2 is 1.45 bits per heavy atom. The second-order valence-electron chi connectivity index (χ2n) is 4.17. The number of carbonyl (C=O) groups excluding carboxylic acids is 1. The number of hydrogen-bond acceptors (Lipinski definition) is 4. The zero-order valence-corrected chi connectivity index (χ0v) is 11.7. The summed E-state index contributed by atoms with van der Waals surface area (Å²) in [6, 6.07) is 12.3. The average molecular weight is 272 g/mol. The van der Waals surface area contributed by atoms with Gasteiger partial charge in [0, 0.05) is 5.56 Å². The van der Waals surface area contributed by atoms with Crippen molar-refractivity contribution >= 4 is 5.78 Å². The SMILES string of the molecule is COc1cccc(OC)c1Oc1ccc(C(C)=O)cc1. The molecule has 104 valence electrons. The minimum Gasteiger partial charge on any atom is -0.493 e. The molecular formula is C16H16O4.